The van der Waals surface area contributed by atoms with E-state index in [4.69, 9.17) is 14.5 Å². The first-order chi connectivity index (χ1) is 32.0. The highest BCUT2D eigenvalue weighted by molar-refractivity contribution is 7.90. The first-order valence-electron chi connectivity index (χ1n) is 26.3. The molecule has 11 nitrogen and oxygen atoms in total. The molecule has 2 heterocycles. The van der Waals surface area contributed by atoms with Gasteiger partial charge in [-0.2, -0.15) is 0 Å². The maximum atomic E-state index is 14.9. The van der Waals surface area contributed by atoms with Gasteiger partial charge in [-0.3, -0.25) is 13.9 Å². The van der Waals surface area contributed by atoms with Gasteiger partial charge in [-0.15, -0.1) is 0 Å². The topological polar surface area (TPSA) is 135 Å². The van der Waals surface area contributed by atoms with Crippen molar-refractivity contribution in [2.24, 2.45) is 10.9 Å². The number of hydrogen-bond acceptors (Lipinski definition) is 8. The molecule has 1 fully saturated rings. The minimum absolute atomic E-state index is 0.00371. The van der Waals surface area contributed by atoms with Crippen LogP contribution in [0.4, 0.5) is 16.2 Å². The first kappa shape index (κ1) is 54.7. The Bertz CT molecular complexity index is 1900. The molecule has 2 aromatic rings. The number of fused-ring (bicyclic) bond motifs is 1. The number of sulfonamides is 1. The molecule has 2 aliphatic heterocycles. The monoisotopic (exact) mass is 935 g/mol. The second-order valence-corrected chi connectivity index (χ2v) is 21.2. The Balaban J connectivity index is 1.48. The number of amides is 3. The molecule has 1 saturated heterocycles. The summed E-state index contributed by atoms with van der Waals surface area (Å²) in [5, 5.41) is 2.94. The fourth-order valence-corrected chi connectivity index (χ4v) is 10.8. The van der Waals surface area contributed by atoms with Gasteiger partial charge in [0.2, 0.25) is 0 Å². The van der Waals surface area contributed by atoms with Crippen LogP contribution in [0.15, 0.2) is 58.4 Å². The third-order valence-corrected chi connectivity index (χ3v) is 15.1. The standard InChI is InChI=1S/C54H86N4O7S/c1-6-9-12-15-17-18-19-20-21-22-23-24-25-26-28-35-42-57-50(55-46-39-32-34-41-48(46)66(57,62)63)49(58-52(60)54(4,5)65-53(58)61)51(59)56-45-38-31-33-40-47(45)64-43-44(36-29-14-11-8-3)37-30-27-16-13-10-7-2/h31-34,38-41,44,49H,6-30,35-37,42-43H2,1-5H3,(H,56,59). The molecule has 0 saturated carbocycles. The molecule has 0 bridgehead atoms. The largest absolute Gasteiger partial charge is 0.491 e. The number of ether oxygens (including phenoxy) is 2. The number of carbonyl (C=O) groups is 3. The van der Waals surface area contributed by atoms with Gasteiger partial charge in [-0.05, 0) is 63.3 Å². The number of hydrogen-bond donors (Lipinski definition) is 1. The number of cyclic esters (lactones) is 1. The van der Waals surface area contributed by atoms with Crippen LogP contribution in [0.5, 0.6) is 5.75 Å². The number of unbranched alkanes of at least 4 members (excludes halogenated alkanes) is 23. The number of anilines is 1. The molecule has 66 heavy (non-hydrogen) atoms. The quantitative estimate of drug-likeness (QED) is 0.0672. The van der Waals surface area contributed by atoms with Crippen LogP contribution >= 0.6 is 0 Å². The Labute approximate surface area is 399 Å². The second kappa shape index (κ2) is 29.7. The molecular formula is C54H86N4O7S. The Kier molecular flexibility index (Phi) is 24.6. The Morgan fingerprint density at radius 2 is 1.14 bits per heavy atom. The van der Waals surface area contributed by atoms with E-state index in [1.807, 2.05) is 6.07 Å². The van der Waals surface area contributed by atoms with Gasteiger partial charge >= 0.3 is 6.09 Å². The van der Waals surface area contributed by atoms with Gasteiger partial charge in [0.05, 0.1) is 18.0 Å². The van der Waals surface area contributed by atoms with Crippen molar-refractivity contribution in [3.05, 3.63) is 48.5 Å². The van der Waals surface area contributed by atoms with Crippen LogP contribution in [0.25, 0.3) is 0 Å². The average molecular weight is 935 g/mol. The number of para-hydroxylation sites is 3. The molecule has 0 aliphatic carbocycles. The van der Waals surface area contributed by atoms with Crippen LogP contribution in [0.2, 0.25) is 0 Å². The lowest BCUT2D eigenvalue weighted by atomic mass is 9.95. The average Bonchev–Trinajstić information content (AvgIpc) is 3.50. The number of benzene rings is 2. The zero-order valence-corrected chi connectivity index (χ0v) is 42.4. The maximum absolute atomic E-state index is 14.9. The van der Waals surface area contributed by atoms with Crippen molar-refractivity contribution in [2.75, 3.05) is 18.5 Å². The minimum atomic E-state index is -4.24. The number of rotatable bonds is 36. The number of amidine groups is 1. The fourth-order valence-electron chi connectivity index (χ4n) is 9.17. The van der Waals surface area contributed by atoms with Crippen molar-refractivity contribution in [1.82, 2.24) is 9.21 Å². The van der Waals surface area contributed by atoms with E-state index in [2.05, 4.69) is 26.1 Å². The summed E-state index contributed by atoms with van der Waals surface area (Å²) < 4.78 is 42.2. The predicted octanol–water partition coefficient (Wildman–Crippen LogP) is 14.5. The van der Waals surface area contributed by atoms with E-state index in [0.29, 0.717) is 30.4 Å². The van der Waals surface area contributed by atoms with Crippen LogP contribution in [0.1, 0.15) is 214 Å². The fraction of sp³-hybridized carbons (Fsp3) is 0.704. The van der Waals surface area contributed by atoms with Crippen molar-refractivity contribution < 1.29 is 32.3 Å². The van der Waals surface area contributed by atoms with Gasteiger partial charge in [-0.1, -0.05) is 206 Å². The van der Waals surface area contributed by atoms with E-state index in [-0.39, 0.29) is 23.0 Å². The molecule has 2 atom stereocenters. The zero-order valence-electron chi connectivity index (χ0n) is 41.6. The van der Waals surface area contributed by atoms with Crippen LogP contribution < -0.4 is 10.1 Å². The van der Waals surface area contributed by atoms with Crippen molar-refractivity contribution in [2.45, 2.75) is 231 Å². The first-order valence-corrected chi connectivity index (χ1v) is 27.7. The van der Waals surface area contributed by atoms with E-state index < -0.39 is 39.6 Å². The number of nitrogens with zero attached hydrogens (tertiary/aromatic N) is 3. The number of carbonyl (C=O) groups excluding carboxylic acids is 3. The summed E-state index contributed by atoms with van der Waals surface area (Å²) in [4.78, 5) is 48.0. The van der Waals surface area contributed by atoms with Gasteiger partial charge in [0, 0.05) is 6.54 Å². The third-order valence-electron chi connectivity index (χ3n) is 13.2. The van der Waals surface area contributed by atoms with Crippen LogP contribution in [0.3, 0.4) is 0 Å². The zero-order chi connectivity index (χ0) is 47.6. The molecule has 12 heteroatoms. The Morgan fingerprint density at radius 3 is 1.67 bits per heavy atom. The van der Waals surface area contributed by atoms with E-state index in [1.165, 1.54) is 142 Å². The summed E-state index contributed by atoms with van der Waals surface area (Å²) in [5.74, 6) is -0.986. The molecule has 2 unspecified atom stereocenters. The Morgan fingerprint density at radius 1 is 0.667 bits per heavy atom. The predicted molar refractivity (Wildman–Crippen MR) is 269 cm³/mol. The Hall–Kier alpha value is -3.93. The lowest BCUT2D eigenvalue weighted by Gasteiger charge is -2.35. The summed E-state index contributed by atoms with van der Waals surface area (Å²) >= 11 is 0. The smallest absolute Gasteiger partial charge is 0.418 e. The highest BCUT2D eigenvalue weighted by Gasteiger charge is 2.55. The highest BCUT2D eigenvalue weighted by Crippen LogP contribution is 2.37. The molecule has 2 aromatic carbocycles. The van der Waals surface area contributed by atoms with Gasteiger partial charge in [0.1, 0.15) is 10.6 Å². The molecule has 4 rings (SSSR count). The van der Waals surface area contributed by atoms with E-state index in [1.54, 1.807) is 36.4 Å². The lowest BCUT2D eigenvalue weighted by molar-refractivity contribution is -0.137. The normalized spacial score (nSPS) is 16.2. The molecule has 1 N–H and O–H groups in total. The number of imide groups is 1. The van der Waals surface area contributed by atoms with Gasteiger partial charge in [-0.25, -0.2) is 23.1 Å². The summed E-state index contributed by atoms with van der Waals surface area (Å²) in [6, 6.07) is 11.7. The van der Waals surface area contributed by atoms with Gasteiger partial charge in [0.25, 0.3) is 21.8 Å². The maximum Gasteiger partial charge on any atom is 0.418 e. The number of nitrogens with one attached hydrogen (secondary N) is 1. The van der Waals surface area contributed by atoms with Crippen molar-refractivity contribution in [3.8, 4) is 5.75 Å². The summed E-state index contributed by atoms with van der Waals surface area (Å²) in [7, 11) is -4.24. The van der Waals surface area contributed by atoms with Crippen LogP contribution in [-0.4, -0.2) is 66.2 Å². The van der Waals surface area contributed by atoms with E-state index >= 15 is 0 Å². The molecule has 2 aliphatic rings. The van der Waals surface area contributed by atoms with Gasteiger partial charge in [0.15, 0.2) is 17.5 Å². The molecule has 370 valence electrons. The van der Waals surface area contributed by atoms with Crippen LogP contribution in [0, 0.1) is 5.92 Å². The molecule has 3 amide bonds. The van der Waals surface area contributed by atoms with Crippen molar-refractivity contribution in [3.63, 3.8) is 0 Å². The summed E-state index contributed by atoms with van der Waals surface area (Å²) in [6.07, 6.45) is 32.0. The lowest BCUT2D eigenvalue weighted by Crippen LogP contribution is -2.59. The van der Waals surface area contributed by atoms with E-state index in [9.17, 15) is 22.8 Å². The minimum Gasteiger partial charge on any atom is -0.491 e. The summed E-state index contributed by atoms with van der Waals surface area (Å²) in [5.41, 5.74) is -1.10. The van der Waals surface area contributed by atoms with E-state index in [0.717, 1.165) is 60.6 Å². The van der Waals surface area contributed by atoms with Crippen molar-refractivity contribution >= 4 is 45.1 Å². The SMILES string of the molecule is CCCCCCCCCCCCCCCCCCN1C(C(C(=O)Nc2ccccc2OCC(CCCCCC)CCCCCCCC)N2C(=O)OC(C)(C)C2=O)=Nc2ccccc2S1(=O)=O. The second-order valence-electron chi connectivity index (χ2n) is 19.3. The van der Waals surface area contributed by atoms with Gasteiger partial charge < -0.3 is 14.8 Å². The summed E-state index contributed by atoms with van der Waals surface area (Å²) in [6.45, 7) is 10.1. The van der Waals surface area contributed by atoms with Crippen LogP contribution in [-0.2, 0) is 24.3 Å². The third kappa shape index (κ3) is 17.3. The molecule has 0 radical (unpaired) electrons. The molecule has 0 spiro atoms. The van der Waals surface area contributed by atoms with Crippen molar-refractivity contribution in [1.29, 1.82) is 0 Å². The molecule has 0 aromatic heterocycles. The number of aliphatic imine (C=N–C) groups is 1. The molecular weight excluding hydrogens is 849 g/mol. The highest BCUT2D eigenvalue weighted by atomic mass is 32.2.